The number of aliphatic hydroxyl groups excluding tert-OH is 1. The Labute approximate surface area is 172 Å². The second kappa shape index (κ2) is 11.0. The van der Waals surface area contributed by atoms with Crippen LogP contribution in [-0.4, -0.2) is 41.2 Å². The van der Waals surface area contributed by atoms with Crippen molar-refractivity contribution in [3.63, 3.8) is 0 Å². The lowest BCUT2D eigenvalue weighted by atomic mass is 9.93. The molecule has 0 bridgehead atoms. The SMILES string of the molecule is CCS[C@@H]1OC(COCc2ccccc2)[C@@H](O)[C@@H](OCc2ccccc2)C1C. The van der Waals surface area contributed by atoms with E-state index in [9.17, 15) is 5.11 Å². The molecule has 0 amide bonds. The first-order valence-corrected chi connectivity index (χ1v) is 11.0. The molecule has 1 aliphatic heterocycles. The lowest BCUT2D eigenvalue weighted by molar-refractivity contribution is -0.205. The van der Waals surface area contributed by atoms with Crippen LogP contribution < -0.4 is 0 Å². The van der Waals surface area contributed by atoms with Crippen molar-refractivity contribution < 1.29 is 19.3 Å². The number of ether oxygens (including phenoxy) is 3. The van der Waals surface area contributed by atoms with E-state index in [1.54, 1.807) is 11.8 Å². The van der Waals surface area contributed by atoms with Crippen molar-refractivity contribution in [2.24, 2.45) is 5.92 Å². The summed E-state index contributed by atoms with van der Waals surface area (Å²) in [6, 6.07) is 20.1. The maximum absolute atomic E-state index is 10.9. The Morgan fingerprint density at radius 2 is 1.57 bits per heavy atom. The van der Waals surface area contributed by atoms with Gasteiger partial charge in [-0.05, 0) is 16.9 Å². The molecule has 28 heavy (non-hydrogen) atoms. The van der Waals surface area contributed by atoms with Crippen molar-refractivity contribution in [2.45, 2.75) is 50.8 Å². The Morgan fingerprint density at radius 3 is 2.18 bits per heavy atom. The summed E-state index contributed by atoms with van der Waals surface area (Å²) in [6.07, 6.45) is -1.41. The fourth-order valence-corrected chi connectivity index (χ4v) is 4.44. The lowest BCUT2D eigenvalue weighted by Gasteiger charge is -2.43. The molecular formula is C23H30O4S. The Morgan fingerprint density at radius 1 is 0.964 bits per heavy atom. The largest absolute Gasteiger partial charge is 0.388 e. The second-order valence-corrected chi connectivity index (χ2v) is 8.49. The molecule has 1 N–H and O–H groups in total. The molecule has 4 nitrogen and oxygen atoms in total. The molecule has 3 rings (SSSR count). The molecule has 2 unspecified atom stereocenters. The first-order valence-electron chi connectivity index (χ1n) is 9.91. The van der Waals surface area contributed by atoms with Gasteiger partial charge in [-0.15, -0.1) is 11.8 Å². The summed E-state index contributed by atoms with van der Waals surface area (Å²) >= 11 is 1.75. The fourth-order valence-electron chi connectivity index (χ4n) is 3.43. The minimum Gasteiger partial charge on any atom is -0.388 e. The van der Waals surface area contributed by atoms with Crippen LogP contribution in [0.5, 0.6) is 0 Å². The standard InChI is InChI=1S/C23H30O4S/c1-3-28-23-17(2)22(26-15-19-12-8-5-9-13-19)21(24)20(27-23)16-25-14-18-10-6-4-7-11-18/h4-13,17,20-24H,3,14-16H2,1-2H3/t17?,20?,21-,22+,23+/m1/s1. The van der Waals surface area contributed by atoms with Gasteiger partial charge in [0.25, 0.3) is 0 Å². The van der Waals surface area contributed by atoms with Crippen LogP contribution in [-0.2, 0) is 27.4 Å². The van der Waals surface area contributed by atoms with Gasteiger partial charge in [0.2, 0.25) is 0 Å². The van der Waals surface area contributed by atoms with Crippen molar-refractivity contribution in [2.75, 3.05) is 12.4 Å². The quantitative estimate of drug-likeness (QED) is 0.679. The van der Waals surface area contributed by atoms with E-state index in [1.807, 2.05) is 60.7 Å². The number of thioether (sulfide) groups is 1. The third-order valence-electron chi connectivity index (χ3n) is 4.98. The average molecular weight is 403 g/mol. The van der Waals surface area contributed by atoms with E-state index in [1.165, 1.54) is 0 Å². The first-order chi connectivity index (χ1) is 13.7. The second-order valence-electron chi connectivity index (χ2n) is 7.11. The van der Waals surface area contributed by atoms with Crippen LogP contribution >= 0.6 is 11.8 Å². The maximum atomic E-state index is 10.9. The number of rotatable bonds is 9. The fraction of sp³-hybridized carbons (Fsp3) is 0.478. The summed E-state index contributed by atoms with van der Waals surface area (Å²) in [6.45, 7) is 5.53. The van der Waals surface area contributed by atoms with Gasteiger partial charge in [-0.2, -0.15) is 0 Å². The van der Waals surface area contributed by atoms with Crippen molar-refractivity contribution in [3.8, 4) is 0 Å². The normalized spacial score (nSPS) is 27.6. The zero-order valence-electron chi connectivity index (χ0n) is 16.6. The van der Waals surface area contributed by atoms with Gasteiger partial charge in [-0.3, -0.25) is 0 Å². The number of benzene rings is 2. The molecule has 1 heterocycles. The molecule has 1 fully saturated rings. The van der Waals surface area contributed by atoms with Crippen LogP contribution in [0.25, 0.3) is 0 Å². The molecule has 0 aliphatic carbocycles. The van der Waals surface area contributed by atoms with E-state index >= 15 is 0 Å². The Balaban J connectivity index is 1.60. The van der Waals surface area contributed by atoms with Gasteiger partial charge in [0.1, 0.15) is 17.6 Å². The smallest absolute Gasteiger partial charge is 0.111 e. The molecule has 5 atom stereocenters. The van der Waals surface area contributed by atoms with Gasteiger partial charge in [0.15, 0.2) is 0 Å². The number of hydrogen-bond acceptors (Lipinski definition) is 5. The van der Waals surface area contributed by atoms with Gasteiger partial charge in [0, 0.05) is 5.92 Å². The molecule has 2 aromatic rings. The van der Waals surface area contributed by atoms with Gasteiger partial charge >= 0.3 is 0 Å². The topological polar surface area (TPSA) is 47.9 Å². The Hall–Kier alpha value is -1.37. The highest BCUT2D eigenvalue weighted by Crippen LogP contribution is 2.35. The summed E-state index contributed by atoms with van der Waals surface area (Å²) < 4.78 is 18.2. The monoisotopic (exact) mass is 402 g/mol. The predicted molar refractivity (Wildman–Crippen MR) is 113 cm³/mol. The van der Waals surface area contributed by atoms with E-state index in [4.69, 9.17) is 14.2 Å². The van der Waals surface area contributed by atoms with E-state index < -0.39 is 12.2 Å². The highest BCUT2D eigenvalue weighted by molar-refractivity contribution is 7.99. The third kappa shape index (κ3) is 5.82. The summed E-state index contributed by atoms with van der Waals surface area (Å²) in [7, 11) is 0. The van der Waals surface area contributed by atoms with E-state index in [2.05, 4.69) is 13.8 Å². The summed E-state index contributed by atoms with van der Waals surface area (Å²) in [5.74, 6) is 1.04. The molecule has 1 aliphatic rings. The van der Waals surface area contributed by atoms with Crippen molar-refractivity contribution >= 4 is 11.8 Å². The van der Waals surface area contributed by atoms with Gasteiger partial charge < -0.3 is 19.3 Å². The van der Waals surface area contributed by atoms with Crippen LogP contribution in [0.15, 0.2) is 60.7 Å². The lowest BCUT2D eigenvalue weighted by Crippen LogP contribution is -2.55. The van der Waals surface area contributed by atoms with Crippen LogP contribution in [0, 0.1) is 5.92 Å². The molecule has 152 valence electrons. The van der Waals surface area contributed by atoms with E-state index in [-0.39, 0.29) is 17.5 Å². The van der Waals surface area contributed by atoms with Crippen molar-refractivity contribution in [1.82, 2.24) is 0 Å². The third-order valence-corrected chi connectivity index (χ3v) is 6.19. The zero-order chi connectivity index (χ0) is 19.8. The maximum Gasteiger partial charge on any atom is 0.111 e. The Kier molecular flexibility index (Phi) is 8.37. The molecule has 1 saturated heterocycles. The summed E-state index contributed by atoms with van der Waals surface area (Å²) in [4.78, 5) is 0. The number of aliphatic hydroxyl groups is 1. The average Bonchev–Trinajstić information content (AvgIpc) is 2.73. The Bertz CT molecular complexity index is 682. The van der Waals surface area contributed by atoms with E-state index in [0.717, 1.165) is 16.9 Å². The van der Waals surface area contributed by atoms with Gasteiger partial charge in [0.05, 0.1) is 25.9 Å². The predicted octanol–water partition coefficient (Wildman–Crippen LogP) is 4.26. The molecule has 5 heteroatoms. The van der Waals surface area contributed by atoms with Gasteiger partial charge in [-0.1, -0.05) is 74.5 Å². The van der Waals surface area contributed by atoms with E-state index in [0.29, 0.717) is 19.8 Å². The van der Waals surface area contributed by atoms with Gasteiger partial charge in [-0.25, -0.2) is 0 Å². The van der Waals surface area contributed by atoms with Crippen LogP contribution in [0.1, 0.15) is 25.0 Å². The van der Waals surface area contributed by atoms with Crippen LogP contribution in [0.2, 0.25) is 0 Å². The van der Waals surface area contributed by atoms with Crippen LogP contribution in [0.4, 0.5) is 0 Å². The molecule has 0 saturated carbocycles. The number of hydrogen-bond donors (Lipinski definition) is 1. The first kappa shape index (κ1) is 21.3. The van der Waals surface area contributed by atoms with Crippen LogP contribution in [0.3, 0.4) is 0 Å². The molecular weight excluding hydrogens is 372 g/mol. The highest BCUT2D eigenvalue weighted by atomic mass is 32.2. The highest BCUT2D eigenvalue weighted by Gasteiger charge is 2.43. The molecule has 0 spiro atoms. The molecule has 0 radical (unpaired) electrons. The van der Waals surface area contributed by atoms with Crippen molar-refractivity contribution in [1.29, 1.82) is 0 Å². The summed E-state index contributed by atoms with van der Waals surface area (Å²) in [5.41, 5.74) is 2.20. The minimum absolute atomic E-state index is 0.0144. The minimum atomic E-state index is -0.719. The molecule has 0 aromatic heterocycles. The van der Waals surface area contributed by atoms with Crippen molar-refractivity contribution in [3.05, 3.63) is 71.8 Å². The molecule has 2 aromatic carbocycles. The summed E-state index contributed by atoms with van der Waals surface area (Å²) in [5, 5.41) is 10.9. The zero-order valence-corrected chi connectivity index (χ0v) is 17.4.